The predicted molar refractivity (Wildman–Crippen MR) is 120 cm³/mol. The lowest BCUT2D eigenvalue weighted by Crippen LogP contribution is -2.29. The molecule has 3 aromatic heterocycles. The average molecular weight is 415 g/mol. The number of anilines is 1. The summed E-state index contributed by atoms with van der Waals surface area (Å²) in [5, 5.41) is 3.29. The molecule has 1 aromatic carbocycles. The Morgan fingerprint density at radius 1 is 1.03 bits per heavy atom. The molecule has 7 nitrogen and oxygen atoms in total. The number of nitrogen functional groups attached to an aromatic ring is 1. The van der Waals surface area contributed by atoms with Crippen molar-refractivity contribution in [2.75, 3.05) is 12.3 Å². The summed E-state index contributed by atoms with van der Waals surface area (Å²) in [7, 11) is 0. The summed E-state index contributed by atoms with van der Waals surface area (Å²) in [6.07, 6.45) is 6.62. The van der Waals surface area contributed by atoms with Gasteiger partial charge in [-0.25, -0.2) is 4.98 Å². The zero-order chi connectivity index (χ0) is 21.5. The van der Waals surface area contributed by atoms with Crippen LogP contribution in [0.25, 0.3) is 11.3 Å². The molecule has 0 saturated heterocycles. The highest BCUT2D eigenvalue weighted by molar-refractivity contribution is 5.58. The number of hydrogen-bond acceptors (Lipinski definition) is 6. The fourth-order valence-electron chi connectivity index (χ4n) is 3.45. The van der Waals surface area contributed by atoms with E-state index in [2.05, 4.69) is 27.4 Å². The molecule has 0 aliphatic carbocycles. The molecule has 0 fully saturated rings. The van der Waals surface area contributed by atoms with Gasteiger partial charge in [0.25, 0.3) is 5.56 Å². The number of furan rings is 1. The van der Waals surface area contributed by atoms with Crippen LogP contribution >= 0.6 is 0 Å². The maximum Gasteiger partial charge on any atom is 0.255 e. The lowest BCUT2D eigenvalue weighted by molar-refractivity contribution is 0.582. The Morgan fingerprint density at radius 2 is 1.94 bits per heavy atom. The topological polar surface area (TPSA) is 99.0 Å². The van der Waals surface area contributed by atoms with Crippen molar-refractivity contribution < 1.29 is 4.42 Å². The first-order valence-corrected chi connectivity index (χ1v) is 10.3. The van der Waals surface area contributed by atoms with E-state index in [1.165, 1.54) is 4.57 Å². The Morgan fingerprint density at radius 3 is 2.71 bits per heavy atom. The zero-order valence-electron chi connectivity index (χ0n) is 17.2. The van der Waals surface area contributed by atoms with E-state index in [4.69, 9.17) is 10.2 Å². The monoisotopic (exact) mass is 415 g/mol. The molecule has 31 heavy (non-hydrogen) atoms. The van der Waals surface area contributed by atoms with Crippen LogP contribution in [-0.4, -0.2) is 21.1 Å². The molecule has 0 amide bonds. The van der Waals surface area contributed by atoms with Crippen molar-refractivity contribution in [2.45, 2.75) is 25.9 Å². The van der Waals surface area contributed by atoms with Gasteiger partial charge in [-0.2, -0.15) is 0 Å². The van der Waals surface area contributed by atoms with Gasteiger partial charge in [0.2, 0.25) is 5.95 Å². The highest BCUT2D eigenvalue weighted by Crippen LogP contribution is 2.21. The molecule has 0 atom stereocenters. The van der Waals surface area contributed by atoms with E-state index in [0.29, 0.717) is 31.7 Å². The van der Waals surface area contributed by atoms with Crippen LogP contribution in [0.15, 0.2) is 82.5 Å². The minimum atomic E-state index is -0.130. The van der Waals surface area contributed by atoms with Gasteiger partial charge in [-0.05, 0) is 48.2 Å². The van der Waals surface area contributed by atoms with Crippen LogP contribution in [0.1, 0.15) is 16.8 Å². The molecule has 4 rings (SSSR count). The van der Waals surface area contributed by atoms with Crippen molar-refractivity contribution in [3.05, 3.63) is 100 Å². The Kier molecular flexibility index (Phi) is 6.54. The number of rotatable bonds is 9. The highest BCUT2D eigenvalue weighted by Gasteiger charge is 2.07. The second-order valence-electron chi connectivity index (χ2n) is 7.31. The SMILES string of the molecule is Nc1nc(CCc2cccc(-c3ccco3)c2)cc(=O)n1CCNCc1cccnc1. The van der Waals surface area contributed by atoms with Crippen LogP contribution in [0.3, 0.4) is 0 Å². The maximum absolute atomic E-state index is 12.5. The van der Waals surface area contributed by atoms with Crippen LogP contribution in [0, 0.1) is 0 Å². The van der Waals surface area contributed by atoms with Crippen molar-refractivity contribution in [3.8, 4) is 11.3 Å². The number of aromatic nitrogens is 3. The van der Waals surface area contributed by atoms with Gasteiger partial charge in [-0.3, -0.25) is 14.3 Å². The van der Waals surface area contributed by atoms with Gasteiger partial charge in [-0.15, -0.1) is 0 Å². The number of nitrogens with zero attached hydrogens (tertiary/aromatic N) is 3. The fraction of sp³-hybridized carbons (Fsp3) is 0.208. The van der Waals surface area contributed by atoms with E-state index < -0.39 is 0 Å². The molecular weight excluding hydrogens is 390 g/mol. The molecule has 0 aliphatic rings. The van der Waals surface area contributed by atoms with E-state index in [0.717, 1.165) is 28.9 Å². The second-order valence-corrected chi connectivity index (χ2v) is 7.31. The molecule has 0 bridgehead atoms. The zero-order valence-corrected chi connectivity index (χ0v) is 17.2. The number of nitrogens with one attached hydrogen (secondary N) is 1. The van der Waals surface area contributed by atoms with Gasteiger partial charge in [0, 0.05) is 43.7 Å². The Bertz CT molecular complexity index is 1170. The van der Waals surface area contributed by atoms with Crippen molar-refractivity contribution in [1.82, 2.24) is 19.9 Å². The van der Waals surface area contributed by atoms with Crippen LogP contribution in [0.2, 0.25) is 0 Å². The van der Waals surface area contributed by atoms with E-state index in [1.54, 1.807) is 18.5 Å². The molecule has 0 spiro atoms. The van der Waals surface area contributed by atoms with Crippen LogP contribution < -0.4 is 16.6 Å². The van der Waals surface area contributed by atoms with Gasteiger partial charge in [0.15, 0.2) is 0 Å². The van der Waals surface area contributed by atoms with Crippen LogP contribution in [-0.2, 0) is 25.9 Å². The molecule has 0 aliphatic heterocycles. The number of pyridine rings is 1. The number of hydrogen-bond donors (Lipinski definition) is 2. The quantitative estimate of drug-likeness (QED) is 0.408. The Balaban J connectivity index is 1.34. The van der Waals surface area contributed by atoms with E-state index in [1.807, 2.05) is 42.6 Å². The molecule has 0 unspecified atom stereocenters. The number of aryl methyl sites for hydroxylation is 2. The van der Waals surface area contributed by atoms with Crippen molar-refractivity contribution in [3.63, 3.8) is 0 Å². The summed E-state index contributed by atoms with van der Waals surface area (Å²) in [5.74, 6) is 1.08. The second kappa shape index (κ2) is 9.86. The predicted octanol–water partition coefficient (Wildman–Crippen LogP) is 3.06. The summed E-state index contributed by atoms with van der Waals surface area (Å²) < 4.78 is 6.96. The summed E-state index contributed by atoms with van der Waals surface area (Å²) in [5.41, 5.74) is 9.92. The van der Waals surface area contributed by atoms with Gasteiger partial charge in [0.05, 0.1) is 12.0 Å². The largest absolute Gasteiger partial charge is 0.464 e. The first-order chi connectivity index (χ1) is 15.2. The molecule has 3 heterocycles. The summed E-state index contributed by atoms with van der Waals surface area (Å²) in [6.45, 7) is 1.76. The van der Waals surface area contributed by atoms with E-state index in [9.17, 15) is 4.79 Å². The Hall–Kier alpha value is -3.71. The van der Waals surface area contributed by atoms with Crippen LogP contribution in [0.4, 0.5) is 5.95 Å². The molecule has 7 heteroatoms. The highest BCUT2D eigenvalue weighted by atomic mass is 16.3. The number of benzene rings is 1. The first kappa shape index (κ1) is 20.6. The molecule has 0 saturated carbocycles. The van der Waals surface area contributed by atoms with Gasteiger partial charge >= 0.3 is 0 Å². The lowest BCUT2D eigenvalue weighted by atomic mass is 10.0. The Labute approximate surface area is 180 Å². The minimum Gasteiger partial charge on any atom is -0.464 e. The molecule has 4 aromatic rings. The fourth-order valence-corrected chi connectivity index (χ4v) is 3.45. The standard InChI is InChI=1S/C24H25N5O2/c25-24-28-21(9-8-18-4-1-6-20(14-18)22-7-3-13-31-22)15-23(30)29(24)12-11-27-17-19-5-2-10-26-16-19/h1-7,10,13-16,27H,8-9,11-12,17H2,(H2,25,28). The van der Waals surface area contributed by atoms with Crippen molar-refractivity contribution in [1.29, 1.82) is 0 Å². The lowest BCUT2D eigenvalue weighted by Gasteiger charge is -2.11. The summed E-state index contributed by atoms with van der Waals surface area (Å²) in [6, 6.07) is 17.5. The molecular formula is C24H25N5O2. The first-order valence-electron chi connectivity index (χ1n) is 10.3. The van der Waals surface area contributed by atoms with E-state index in [-0.39, 0.29) is 11.5 Å². The summed E-state index contributed by atoms with van der Waals surface area (Å²) in [4.78, 5) is 21.1. The third kappa shape index (κ3) is 5.46. The maximum atomic E-state index is 12.5. The van der Waals surface area contributed by atoms with Crippen molar-refractivity contribution in [2.24, 2.45) is 0 Å². The number of nitrogens with two attached hydrogens (primary N) is 1. The van der Waals surface area contributed by atoms with Crippen LogP contribution in [0.5, 0.6) is 0 Å². The minimum absolute atomic E-state index is 0.130. The van der Waals surface area contributed by atoms with E-state index >= 15 is 0 Å². The third-order valence-electron chi connectivity index (χ3n) is 5.06. The molecule has 158 valence electrons. The average Bonchev–Trinajstić information content (AvgIpc) is 3.33. The summed E-state index contributed by atoms with van der Waals surface area (Å²) >= 11 is 0. The van der Waals surface area contributed by atoms with Gasteiger partial charge < -0.3 is 15.5 Å². The third-order valence-corrected chi connectivity index (χ3v) is 5.06. The van der Waals surface area contributed by atoms with Gasteiger partial charge in [0.1, 0.15) is 5.76 Å². The van der Waals surface area contributed by atoms with Crippen molar-refractivity contribution >= 4 is 5.95 Å². The normalized spacial score (nSPS) is 11.0. The van der Waals surface area contributed by atoms with Gasteiger partial charge in [-0.1, -0.05) is 24.3 Å². The smallest absolute Gasteiger partial charge is 0.255 e. The molecule has 3 N–H and O–H groups in total. The molecule has 0 radical (unpaired) electrons.